The van der Waals surface area contributed by atoms with Gasteiger partial charge in [-0.2, -0.15) is 0 Å². The van der Waals surface area contributed by atoms with Crippen LogP contribution in [0.2, 0.25) is 0 Å². The zero-order chi connectivity index (χ0) is 14.4. The first kappa shape index (κ1) is 11.4. The molecule has 3 atom stereocenters. The summed E-state index contributed by atoms with van der Waals surface area (Å²) in [6.07, 6.45) is 5.58. The molecule has 0 aromatic heterocycles. The number of likely N-dealkylation sites (tertiary alicyclic amines) is 1. The summed E-state index contributed by atoms with van der Waals surface area (Å²) in [5.41, 5.74) is 0. The highest BCUT2D eigenvalue weighted by atomic mass is 16.3. The summed E-state index contributed by atoms with van der Waals surface area (Å²) < 4.78 is 14.2. The molecule has 1 aliphatic heterocycles. The van der Waals surface area contributed by atoms with Gasteiger partial charge < -0.3 is 5.11 Å². The van der Waals surface area contributed by atoms with E-state index in [-0.39, 0.29) is 17.7 Å². The normalized spacial score (nSPS) is 28.2. The van der Waals surface area contributed by atoms with Gasteiger partial charge in [0.1, 0.15) is 0 Å². The summed E-state index contributed by atoms with van der Waals surface area (Å²) in [7, 11) is 1.89. The lowest BCUT2D eigenvalue weighted by Crippen LogP contribution is -2.52. The third-order valence-electron chi connectivity index (χ3n) is 3.46. The van der Waals surface area contributed by atoms with Crippen LogP contribution in [0.4, 0.5) is 0 Å². The minimum Gasteiger partial charge on any atom is -0.391 e. The van der Waals surface area contributed by atoms with Crippen molar-refractivity contribution in [2.75, 3.05) is 13.6 Å². The fraction of sp³-hybridized carbons (Fsp3) is 0.786. The van der Waals surface area contributed by atoms with E-state index in [1.54, 1.807) is 6.08 Å². The fourth-order valence-corrected chi connectivity index (χ4v) is 2.34. The van der Waals surface area contributed by atoms with E-state index in [0.717, 1.165) is 13.0 Å². The molecular weight excluding hydrogens is 214 g/mol. The summed E-state index contributed by atoms with van der Waals surface area (Å²) in [5.74, 6) is 0.134. The number of piperidine rings is 1. The number of likely N-dealkylation sites (N-methyl/N-ethyl adjacent to an activating group) is 1. The van der Waals surface area contributed by atoms with Crippen LogP contribution in [0.1, 0.15) is 42.2 Å². The van der Waals surface area contributed by atoms with E-state index in [2.05, 4.69) is 0 Å². The Bertz CT molecular complexity index is 321. The number of carbonyl (C=O) groups excluding carboxylic acids is 1. The van der Waals surface area contributed by atoms with Crippen LogP contribution in [-0.4, -0.2) is 41.5 Å². The average molecular weight is 241 g/mol. The lowest BCUT2D eigenvalue weighted by atomic mass is 9.88. The fourth-order valence-electron chi connectivity index (χ4n) is 2.34. The molecule has 0 aromatic carbocycles. The summed E-state index contributed by atoms with van der Waals surface area (Å²) >= 11 is 0. The maximum absolute atomic E-state index is 11.9. The van der Waals surface area contributed by atoms with Crippen LogP contribution in [0.25, 0.3) is 0 Å². The molecule has 98 valence electrons. The molecule has 0 saturated carbocycles. The van der Waals surface area contributed by atoms with Crippen molar-refractivity contribution < 1.29 is 12.6 Å². The molecule has 1 fully saturated rings. The number of hydrogen-bond acceptors (Lipinski definition) is 3. The Morgan fingerprint density at radius 2 is 2.41 bits per heavy atom. The topological polar surface area (TPSA) is 40.5 Å². The van der Waals surface area contributed by atoms with Gasteiger partial charge in [-0.1, -0.05) is 26.0 Å². The number of aliphatic hydroxyl groups is 1. The maximum Gasteiger partial charge on any atom is 0.152 e. The van der Waals surface area contributed by atoms with E-state index in [4.69, 9.17) is 2.74 Å². The summed E-state index contributed by atoms with van der Waals surface area (Å²) in [4.78, 5) is 13.8. The number of hydrogen-bond donors (Lipinski definition) is 1. The molecule has 1 aliphatic rings. The zero-order valence-electron chi connectivity index (χ0n) is 12.8. The second-order valence-electron chi connectivity index (χ2n) is 4.91. The molecule has 3 nitrogen and oxygen atoms in total. The minimum atomic E-state index is -0.831. The molecule has 0 amide bonds. The molecule has 0 aliphatic carbocycles. The Balaban J connectivity index is 2.48. The van der Waals surface area contributed by atoms with Crippen LogP contribution in [0.3, 0.4) is 0 Å². The standard InChI is InChI=1S/C14H25NO2/c1-4-5-6-8-11(2)14(17)13-12(16)9-7-10-15(13)3/h5-6,11,13-14,17H,4,7-10H2,1-3H3/t11-,13-,14?/m1/s1/i1D2. The third kappa shape index (κ3) is 3.93. The smallest absolute Gasteiger partial charge is 0.152 e. The van der Waals surface area contributed by atoms with Crippen LogP contribution in [-0.2, 0) is 4.79 Å². The van der Waals surface area contributed by atoms with Gasteiger partial charge in [0.05, 0.1) is 12.1 Å². The van der Waals surface area contributed by atoms with Crippen molar-refractivity contribution in [3.63, 3.8) is 0 Å². The van der Waals surface area contributed by atoms with Crippen molar-refractivity contribution >= 4 is 5.78 Å². The first-order valence-electron chi connectivity index (χ1n) is 7.49. The molecule has 1 heterocycles. The van der Waals surface area contributed by atoms with E-state index >= 15 is 0 Å². The van der Waals surface area contributed by atoms with Gasteiger partial charge in [0, 0.05) is 9.16 Å². The quantitative estimate of drug-likeness (QED) is 0.748. The van der Waals surface area contributed by atoms with Crippen LogP contribution in [0.5, 0.6) is 0 Å². The Kier molecular flexibility index (Phi) is 4.65. The number of aliphatic hydroxyl groups excluding tert-OH is 1. The molecule has 0 spiro atoms. The number of carbonyl (C=O) groups is 1. The predicted octanol–water partition coefficient (Wildman–Crippen LogP) is 2.00. The molecule has 0 bridgehead atoms. The number of Topliss-reactive ketones (excluding diaryl/α,β-unsaturated/α-hetero) is 1. The number of ketones is 1. The second-order valence-corrected chi connectivity index (χ2v) is 4.91. The highest BCUT2D eigenvalue weighted by Crippen LogP contribution is 2.21. The molecule has 1 rings (SSSR count). The minimum absolute atomic E-state index is 0.000618. The SMILES string of the molecule is [2H]C([2H])CC=CC[C@@H](C)C(O)[C@H]1C(=O)CCCN1C. The van der Waals surface area contributed by atoms with Crippen molar-refractivity contribution in [3.8, 4) is 0 Å². The third-order valence-corrected chi connectivity index (χ3v) is 3.46. The Morgan fingerprint density at radius 1 is 1.65 bits per heavy atom. The predicted molar refractivity (Wildman–Crippen MR) is 69.9 cm³/mol. The van der Waals surface area contributed by atoms with Gasteiger partial charge in [-0.25, -0.2) is 0 Å². The van der Waals surface area contributed by atoms with E-state index < -0.39 is 13.0 Å². The molecule has 0 radical (unpaired) electrons. The van der Waals surface area contributed by atoms with Crippen LogP contribution in [0, 0.1) is 5.92 Å². The first-order chi connectivity index (χ1) is 8.93. The van der Waals surface area contributed by atoms with E-state index in [1.165, 1.54) is 0 Å². The lowest BCUT2D eigenvalue weighted by molar-refractivity contribution is -0.132. The molecule has 0 aromatic rings. The van der Waals surface area contributed by atoms with Crippen molar-refractivity contribution in [1.29, 1.82) is 0 Å². The first-order valence-corrected chi connectivity index (χ1v) is 6.34. The lowest BCUT2D eigenvalue weighted by Gasteiger charge is -2.36. The molecule has 17 heavy (non-hydrogen) atoms. The van der Waals surface area contributed by atoms with Gasteiger partial charge in [0.15, 0.2) is 5.78 Å². The number of nitrogens with zero attached hydrogens (tertiary/aromatic N) is 1. The number of allylic oxidation sites excluding steroid dienone is 2. The van der Waals surface area contributed by atoms with Gasteiger partial charge in [0.25, 0.3) is 0 Å². The maximum atomic E-state index is 11.9. The highest BCUT2D eigenvalue weighted by Gasteiger charge is 2.35. The monoisotopic (exact) mass is 241 g/mol. The number of rotatable bonds is 5. The van der Waals surface area contributed by atoms with Crippen molar-refractivity contribution in [2.45, 2.75) is 51.6 Å². The van der Waals surface area contributed by atoms with Crippen molar-refractivity contribution in [1.82, 2.24) is 4.90 Å². The molecule has 3 heteroatoms. The van der Waals surface area contributed by atoms with E-state index in [0.29, 0.717) is 19.3 Å². The molecule has 1 N–H and O–H groups in total. The largest absolute Gasteiger partial charge is 0.391 e. The summed E-state index contributed by atoms with van der Waals surface area (Å²) in [6.45, 7) is 1.96. The van der Waals surface area contributed by atoms with E-state index in [1.807, 2.05) is 24.9 Å². The zero-order valence-corrected chi connectivity index (χ0v) is 10.8. The van der Waals surface area contributed by atoms with E-state index in [9.17, 15) is 9.90 Å². The van der Waals surface area contributed by atoms with Crippen LogP contribution >= 0.6 is 0 Å². The molecule has 1 unspecified atom stereocenters. The van der Waals surface area contributed by atoms with Crippen molar-refractivity contribution in [2.24, 2.45) is 5.92 Å². The van der Waals surface area contributed by atoms with Crippen molar-refractivity contribution in [3.05, 3.63) is 12.2 Å². The highest BCUT2D eigenvalue weighted by molar-refractivity contribution is 5.85. The van der Waals surface area contributed by atoms with Gasteiger partial charge in [0.2, 0.25) is 0 Å². The Morgan fingerprint density at radius 3 is 3.06 bits per heavy atom. The second kappa shape index (κ2) is 6.92. The Labute approximate surface area is 107 Å². The van der Waals surface area contributed by atoms with Gasteiger partial charge >= 0.3 is 0 Å². The van der Waals surface area contributed by atoms with Gasteiger partial charge in [-0.15, -0.1) is 0 Å². The molecule has 1 saturated heterocycles. The average Bonchev–Trinajstić information content (AvgIpc) is 2.33. The van der Waals surface area contributed by atoms with Crippen LogP contribution in [0.15, 0.2) is 12.2 Å². The summed E-state index contributed by atoms with van der Waals surface area (Å²) in [5, 5.41) is 10.3. The summed E-state index contributed by atoms with van der Waals surface area (Å²) in [6, 6.07) is -0.378. The van der Waals surface area contributed by atoms with Crippen LogP contribution < -0.4 is 0 Å². The van der Waals surface area contributed by atoms with Gasteiger partial charge in [-0.05, 0) is 38.8 Å². The van der Waals surface area contributed by atoms with Gasteiger partial charge in [-0.3, -0.25) is 9.69 Å². The Hall–Kier alpha value is -0.670. The molecular formula is C14H25NO2.